The number of nitrogens with one attached hydrogen (secondary N) is 1. The van der Waals surface area contributed by atoms with E-state index < -0.39 is 5.97 Å². The maximum atomic E-state index is 11.4. The monoisotopic (exact) mass is 259 g/mol. The molecule has 0 spiro atoms. The molecule has 0 saturated carbocycles. The average molecular weight is 259 g/mol. The number of benzene rings is 1. The summed E-state index contributed by atoms with van der Waals surface area (Å²) in [5, 5.41) is 10.5. The van der Waals surface area contributed by atoms with E-state index in [4.69, 9.17) is 0 Å². The molecular weight excluding hydrogens is 238 g/mol. The molecule has 19 heavy (non-hydrogen) atoms. The van der Waals surface area contributed by atoms with Gasteiger partial charge < -0.3 is 10.1 Å². The molecule has 102 valence electrons. The molecule has 2 rings (SSSR count). The number of H-pyrrole nitrogens is 1. The van der Waals surface area contributed by atoms with E-state index in [-0.39, 0.29) is 11.8 Å². The number of hydrogen-bond donors (Lipinski definition) is 2. The van der Waals surface area contributed by atoms with Crippen LogP contribution in [0.25, 0.3) is 10.9 Å². The zero-order valence-electron chi connectivity index (χ0n) is 11.9. The zero-order valence-corrected chi connectivity index (χ0v) is 11.9. The summed E-state index contributed by atoms with van der Waals surface area (Å²) in [7, 11) is 0. The molecule has 1 unspecified atom stereocenters. The zero-order chi connectivity index (χ0) is 14.2. The Kier molecular flexibility index (Phi) is 3.65. The Labute approximate surface area is 113 Å². The predicted molar refractivity (Wildman–Crippen MR) is 77.4 cm³/mol. The molecule has 1 heterocycles. The molecule has 3 nitrogen and oxygen atoms in total. The Morgan fingerprint density at radius 1 is 1.32 bits per heavy atom. The van der Waals surface area contributed by atoms with Crippen LogP contribution in [-0.2, 0) is 11.2 Å². The quantitative estimate of drug-likeness (QED) is 0.880. The number of rotatable bonds is 4. The van der Waals surface area contributed by atoms with Crippen molar-refractivity contribution >= 4 is 16.9 Å². The average Bonchev–Trinajstić information content (AvgIpc) is 2.60. The fourth-order valence-electron chi connectivity index (χ4n) is 2.60. The third-order valence-electron chi connectivity index (χ3n) is 3.82. The van der Waals surface area contributed by atoms with E-state index in [1.165, 1.54) is 5.56 Å². The van der Waals surface area contributed by atoms with Crippen molar-refractivity contribution in [2.75, 3.05) is 0 Å². The van der Waals surface area contributed by atoms with Crippen LogP contribution in [0.5, 0.6) is 0 Å². The lowest BCUT2D eigenvalue weighted by atomic mass is 9.88. The van der Waals surface area contributed by atoms with Gasteiger partial charge in [0.15, 0.2) is 0 Å². The molecule has 0 radical (unpaired) electrons. The van der Waals surface area contributed by atoms with E-state index in [1.807, 2.05) is 20.8 Å². The first-order chi connectivity index (χ1) is 8.90. The van der Waals surface area contributed by atoms with Gasteiger partial charge in [0.05, 0.1) is 5.92 Å². The molecule has 3 heteroatoms. The summed E-state index contributed by atoms with van der Waals surface area (Å²) in [6, 6.07) is 6.27. The highest BCUT2D eigenvalue weighted by Crippen LogP contribution is 2.27. The molecule has 0 aliphatic heterocycles. The number of aliphatic carboxylic acids is 1. The van der Waals surface area contributed by atoms with Crippen LogP contribution in [0.3, 0.4) is 0 Å². The van der Waals surface area contributed by atoms with Crippen molar-refractivity contribution in [3.05, 3.63) is 35.0 Å². The van der Waals surface area contributed by atoms with Crippen LogP contribution in [0.4, 0.5) is 0 Å². The molecule has 0 amide bonds. The number of hydrogen-bond acceptors (Lipinski definition) is 1. The van der Waals surface area contributed by atoms with E-state index in [9.17, 15) is 9.90 Å². The van der Waals surface area contributed by atoms with E-state index in [0.717, 1.165) is 22.2 Å². The van der Waals surface area contributed by atoms with Gasteiger partial charge in [-0.3, -0.25) is 4.79 Å². The van der Waals surface area contributed by atoms with Crippen LogP contribution < -0.4 is 0 Å². The first kappa shape index (κ1) is 13.7. The largest absolute Gasteiger partial charge is 0.481 e. The van der Waals surface area contributed by atoms with E-state index >= 15 is 0 Å². The first-order valence-corrected chi connectivity index (χ1v) is 6.70. The minimum absolute atomic E-state index is 0.132. The van der Waals surface area contributed by atoms with Crippen molar-refractivity contribution in [2.45, 2.75) is 34.1 Å². The van der Waals surface area contributed by atoms with Crippen molar-refractivity contribution in [2.24, 2.45) is 11.8 Å². The number of aromatic nitrogens is 1. The Hall–Kier alpha value is -1.77. The smallest absolute Gasteiger partial charge is 0.307 e. The van der Waals surface area contributed by atoms with Crippen molar-refractivity contribution < 1.29 is 9.90 Å². The van der Waals surface area contributed by atoms with Gasteiger partial charge in [0.1, 0.15) is 0 Å². The maximum absolute atomic E-state index is 11.4. The summed E-state index contributed by atoms with van der Waals surface area (Å²) in [6.45, 7) is 8.01. The lowest BCUT2D eigenvalue weighted by Crippen LogP contribution is -2.22. The Morgan fingerprint density at radius 2 is 2.00 bits per heavy atom. The number of fused-ring (bicyclic) bond motifs is 1. The minimum atomic E-state index is -0.712. The third-order valence-corrected chi connectivity index (χ3v) is 3.82. The van der Waals surface area contributed by atoms with Gasteiger partial charge in [0.25, 0.3) is 0 Å². The molecule has 0 aliphatic carbocycles. The molecule has 1 aromatic carbocycles. The SMILES string of the molecule is Cc1ccc2c(CC(C(=O)O)C(C)C)c(C)[nH]c2c1. The van der Waals surface area contributed by atoms with Crippen molar-refractivity contribution in [3.63, 3.8) is 0 Å². The Bertz CT molecular complexity index is 610. The molecule has 0 fully saturated rings. The number of carboxylic acids is 1. The van der Waals surface area contributed by atoms with Crippen molar-refractivity contribution in [3.8, 4) is 0 Å². The molecule has 0 saturated heterocycles. The molecule has 0 aliphatic rings. The molecule has 1 atom stereocenters. The van der Waals surface area contributed by atoms with Crippen LogP contribution in [0.1, 0.15) is 30.7 Å². The van der Waals surface area contributed by atoms with E-state index in [2.05, 4.69) is 30.1 Å². The molecule has 2 aromatic rings. The van der Waals surface area contributed by atoms with Gasteiger partial charge in [0, 0.05) is 16.6 Å². The van der Waals surface area contributed by atoms with Gasteiger partial charge in [-0.25, -0.2) is 0 Å². The summed E-state index contributed by atoms with van der Waals surface area (Å²) in [4.78, 5) is 14.7. The number of carboxylic acid groups (broad SMARTS) is 1. The van der Waals surface area contributed by atoms with Crippen molar-refractivity contribution in [1.82, 2.24) is 4.98 Å². The lowest BCUT2D eigenvalue weighted by molar-refractivity contribution is -0.143. The highest BCUT2D eigenvalue weighted by molar-refractivity contribution is 5.86. The van der Waals surface area contributed by atoms with Crippen molar-refractivity contribution in [1.29, 1.82) is 0 Å². The van der Waals surface area contributed by atoms with Gasteiger partial charge in [-0.2, -0.15) is 0 Å². The van der Waals surface area contributed by atoms with Crippen LogP contribution in [0.15, 0.2) is 18.2 Å². The van der Waals surface area contributed by atoms with Crippen LogP contribution in [-0.4, -0.2) is 16.1 Å². The van der Waals surface area contributed by atoms with Crippen LogP contribution in [0, 0.1) is 25.7 Å². The second kappa shape index (κ2) is 5.08. The van der Waals surface area contributed by atoms with E-state index in [0.29, 0.717) is 6.42 Å². The molecular formula is C16H21NO2. The second-order valence-electron chi connectivity index (χ2n) is 5.67. The normalized spacial score (nSPS) is 13.1. The highest BCUT2D eigenvalue weighted by atomic mass is 16.4. The number of aromatic amines is 1. The summed E-state index contributed by atoms with van der Waals surface area (Å²) in [5.41, 5.74) is 4.52. The van der Waals surface area contributed by atoms with E-state index in [1.54, 1.807) is 0 Å². The fraction of sp³-hybridized carbons (Fsp3) is 0.438. The van der Waals surface area contributed by atoms with Gasteiger partial charge in [-0.1, -0.05) is 26.0 Å². The Balaban J connectivity index is 2.44. The Morgan fingerprint density at radius 3 is 2.58 bits per heavy atom. The molecule has 2 N–H and O–H groups in total. The molecule has 0 bridgehead atoms. The summed E-state index contributed by atoms with van der Waals surface area (Å²) in [5.74, 6) is -0.915. The fourth-order valence-corrected chi connectivity index (χ4v) is 2.60. The lowest BCUT2D eigenvalue weighted by Gasteiger charge is -2.16. The number of aryl methyl sites for hydroxylation is 2. The standard InChI is InChI=1S/C16H21NO2/c1-9(2)13(16(18)19)8-14-11(4)17-15-7-10(3)5-6-12(14)15/h5-7,9,13,17H,8H2,1-4H3,(H,18,19). The second-order valence-corrected chi connectivity index (χ2v) is 5.67. The van der Waals surface area contributed by atoms with Crippen LogP contribution >= 0.6 is 0 Å². The van der Waals surface area contributed by atoms with Gasteiger partial charge in [0.2, 0.25) is 0 Å². The topological polar surface area (TPSA) is 53.1 Å². The first-order valence-electron chi connectivity index (χ1n) is 6.70. The predicted octanol–water partition coefficient (Wildman–Crippen LogP) is 3.68. The minimum Gasteiger partial charge on any atom is -0.481 e. The maximum Gasteiger partial charge on any atom is 0.307 e. The van der Waals surface area contributed by atoms with Gasteiger partial charge >= 0.3 is 5.97 Å². The number of carbonyl (C=O) groups is 1. The van der Waals surface area contributed by atoms with Gasteiger partial charge in [-0.15, -0.1) is 0 Å². The summed E-state index contributed by atoms with van der Waals surface area (Å²) in [6.07, 6.45) is 0.585. The van der Waals surface area contributed by atoms with Gasteiger partial charge in [-0.05, 0) is 43.4 Å². The molecule has 1 aromatic heterocycles. The van der Waals surface area contributed by atoms with Crippen LogP contribution in [0.2, 0.25) is 0 Å². The third kappa shape index (κ3) is 2.65. The summed E-state index contributed by atoms with van der Waals surface area (Å²) < 4.78 is 0. The summed E-state index contributed by atoms with van der Waals surface area (Å²) >= 11 is 0. The highest BCUT2D eigenvalue weighted by Gasteiger charge is 2.24.